The van der Waals surface area contributed by atoms with Crippen LogP contribution in [0.3, 0.4) is 0 Å². The van der Waals surface area contributed by atoms with Crippen molar-refractivity contribution in [2.45, 2.75) is 11.4 Å². The third-order valence-corrected chi connectivity index (χ3v) is 5.61. The van der Waals surface area contributed by atoms with Crippen LogP contribution in [-0.2, 0) is 22.3 Å². The molecule has 0 spiro atoms. The molecule has 0 fully saturated rings. The van der Waals surface area contributed by atoms with Gasteiger partial charge >= 0.3 is 5.97 Å². The van der Waals surface area contributed by atoms with Crippen LogP contribution in [0.4, 0.5) is 8.78 Å². The largest absolute Gasteiger partial charge is 0.481 e. The maximum atomic E-state index is 13.7. The average Bonchev–Trinajstić information content (AvgIpc) is 2.72. The molecule has 5 nitrogen and oxygen atoms in total. The molecule has 0 aliphatic rings. The van der Waals surface area contributed by atoms with E-state index < -0.39 is 35.2 Å². The van der Waals surface area contributed by atoms with Crippen LogP contribution in [0.25, 0.3) is 11.1 Å². The summed E-state index contributed by atoms with van der Waals surface area (Å²) in [4.78, 5) is 11.3. The molecule has 0 saturated carbocycles. The number of hydrogen-bond donors (Lipinski definition) is 1. The van der Waals surface area contributed by atoms with Crippen molar-refractivity contribution in [3.8, 4) is 16.9 Å². The van der Waals surface area contributed by atoms with E-state index in [1.165, 1.54) is 36.4 Å². The topological polar surface area (TPSA) is 66.8 Å². The number of carboxylic acids is 1. The van der Waals surface area contributed by atoms with Crippen LogP contribution in [0.2, 0.25) is 0 Å². The molecule has 3 aromatic carbocycles. The van der Waals surface area contributed by atoms with Crippen LogP contribution < -0.4 is 4.74 Å². The van der Waals surface area contributed by atoms with E-state index in [1.54, 1.807) is 41.7 Å². The Morgan fingerprint density at radius 1 is 1.03 bits per heavy atom. The third-order valence-electron chi connectivity index (χ3n) is 4.23. The van der Waals surface area contributed by atoms with Gasteiger partial charge in [-0.1, -0.05) is 18.2 Å². The predicted octanol–water partition coefficient (Wildman–Crippen LogP) is 4.25. The summed E-state index contributed by atoms with van der Waals surface area (Å²) >= 11 is 0. The second kappa shape index (κ2) is 9.60. The highest BCUT2D eigenvalue weighted by Gasteiger charge is 2.15. The minimum Gasteiger partial charge on any atom is -0.481 e. The fraction of sp³-hybridized carbons (Fsp3) is 0.136. The number of hydrogen-bond acceptors (Lipinski definition) is 3. The van der Waals surface area contributed by atoms with Crippen molar-refractivity contribution in [2.24, 2.45) is 0 Å². The molecule has 0 radical (unpaired) electrons. The van der Waals surface area contributed by atoms with Crippen LogP contribution in [0, 0.1) is 11.6 Å². The van der Waals surface area contributed by atoms with Gasteiger partial charge < -0.3 is 9.84 Å². The molecular formula is C22H19F2NO4S. The molecule has 3 aromatic rings. The minimum absolute atomic E-state index is 0.283. The quantitative estimate of drug-likeness (QED) is 0.579. The van der Waals surface area contributed by atoms with Crippen molar-refractivity contribution >= 4 is 17.0 Å². The van der Waals surface area contributed by atoms with E-state index >= 15 is 0 Å². The zero-order chi connectivity index (χ0) is 21.7. The molecule has 1 unspecified atom stereocenters. The minimum atomic E-state index is -1.51. The molecule has 30 heavy (non-hydrogen) atoms. The normalized spacial score (nSPS) is 12.0. The highest BCUT2D eigenvalue weighted by molar-refractivity contribution is 7.82. The number of benzene rings is 3. The summed E-state index contributed by atoms with van der Waals surface area (Å²) in [5, 5.41) is 8.89. The maximum Gasteiger partial charge on any atom is 0.341 e. The molecule has 0 aliphatic heterocycles. The smallest absolute Gasteiger partial charge is 0.341 e. The number of nitrogens with zero attached hydrogens (tertiary/aromatic N) is 1. The van der Waals surface area contributed by atoms with Gasteiger partial charge in [0, 0.05) is 19.2 Å². The van der Waals surface area contributed by atoms with Crippen LogP contribution >= 0.6 is 0 Å². The molecule has 3 rings (SSSR count). The van der Waals surface area contributed by atoms with Gasteiger partial charge in [0.25, 0.3) is 0 Å². The Morgan fingerprint density at radius 2 is 1.77 bits per heavy atom. The SMILES string of the molecule is CN(Cc1ccc(OCC(=O)O)c(-c2cccc(F)c2)c1)S(=O)c1ccc(F)cc1. The van der Waals surface area contributed by atoms with Gasteiger partial charge in [-0.25, -0.2) is 22.1 Å². The summed E-state index contributed by atoms with van der Waals surface area (Å²) in [6, 6.07) is 16.4. The molecule has 0 heterocycles. The number of rotatable bonds is 8. The van der Waals surface area contributed by atoms with E-state index in [2.05, 4.69) is 0 Å². The molecule has 1 atom stereocenters. The fourth-order valence-electron chi connectivity index (χ4n) is 2.87. The Bertz CT molecular complexity index is 1070. The zero-order valence-corrected chi connectivity index (χ0v) is 16.9. The van der Waals surface area contributed by atoms with Gasteiger partial charge in [0.2, 0.25) is 0 Å². The van der Waals surface area contributed by atoms with Gasteiger partial charge in [-0.05, 0) is 59.7 Å². The third kappa shape index (κ3) is 5.49. The highest BCUT2D eigenvalue weighted by Crippen LogP contribution is 2.32. The summed E-state index contributed by atoms with van der Waals surface area (Å²) in [5.41, 5.74) is 1.81. The van der Waals surface area contributed by atoms with Crippen molar-refractivity contribution in [3.05, 3.63) is 83.9 Å². The molecule has 0 bridgehead atoms. The summed E-state index contributed by atoms with van der Waals surface area (Å²) in [6.45, 7) is -0.248. The second-order valence-corrected chi connectivity index (χ2v) is 8.11. The number of halogens is 2. The molecule has 0 amide bonds. The van der Waals surface area contributed by atoms with E-state index in [1.807, 2.05) is 0 Å². The Kier molecular flexibility index (Phi) is 6.91. The lowest BCUT2D eigenvalue weighted by molar-refractivity contribution is -0.139. The van der Waals surface area contributed by atoms with Crippen molar-refractivity contribution < 1.29 is 27.6 Å². The first kappa shape index (κ1) is 21.6. The molecule has 0 aliphatic carbocycles. The fourth-order valence-corrected chi connectivity index (χ4v) is 3.86. The Balaban J connectivity index is 1.87. The summed E-state index contributed by atoms with van der Waals surface area (Å²) in [5.74, 6) is -1.67. The van der Waals surface area contributed by atoms with Gasteiger partial charge in [-0.3, -0.25) is 0 Å². The molecule has 156 valence electrons. The monoisotopic (exact) mass is 431 g/mol. The second-order valence-electron chi connectivity index (χ2n) is 6.51. The van der Waals surface area contributed by atoms with E-state index in [0.717, 1.165) is 5.56 Å². The molecule has 0 saturated heterocycles. The summed E-state index contributed by atoms with van der Waals surface area (Å²) < 4.78 is 46.4. The number of ether oxygens (including phenoxy) is 1. The Labute approximate surface area is 175 Å². The van der Waals surface area contributed by atoms with E-state index in [9.17, 15) is 17.8 Å². The van der Waals surface area contributed by atoms with Gasteiger partial charge in [0.1, 0.15) is 28.4 Å². The van der Waals surface area contributed by atoms with Crippen molar-refractivity contribution in [1.82, 2.24) is 4.31 Å². The number of aliphatic carboxylic acids is 1. The van der Waals surface area contributed by atoms with Crippen LogP contribution in [0.5, 0.6) is 5.75 Å². The lowest BCUT2D eigenvalue weighted by Gasteiger charge is -2.18. The Morgan fingerprint density at radius 3 is 2.43 bits per heavy atom. The first-order valence-electron chi connectivity index (χ1n) is 8.95. The molecule has 8 heteroatoms. The average molecular weight is 431 g/mol. The first-order chi connectivity index (χ1) is 14.3. The molecule has 1 N–H and O–H groups in total. The van der Waals surface area contributed by atoms with Crippen LogP contribution in [-0.4, -0.2) is 33.2 Å². The van der Waals surface area contributed by atoms with Crippen molar-refractivity contribution in [1.29, 1.82) is 0 Å². The molecule has 0 aromatic heterocycles. The lowest BCUT2D eigenvalue weighted by Crippen LogP contribution is -2.21. The summed E-state index contributed by atoms with van der Waals surface area (Å²) in [6.07, 6.45) is 0. The van der Waals surface area contributed by atoms with Crippen LogP contribution in [0.15, 0.2) is 71.6 Å². The maximum absolute atomic E-state index is 13.7. The van der Waals surface area contributed by atoms with Crippen molar-refractivity contribution in [2.75, 3.05) is 13.7 Å². The molecular weight excluding hydrogens is 412 g/mol. The van der Waals surface area contributed by atoms with E-state index in [0.29, 0.717) is 21.8 Å². The van der Waals surface area contributed by atoms with E-state index in [4.69, 9.17) is 9.84 Å². The number of carboxylic acid groups (broad SMARTS) is 1. The van der Waals surface area contributed by atoms with Gasteiger partial charge in [0.15, 0.2) is 6.61 Å². The number of carbonyl (C=O) groups is 1. The van der Waals surface area contributed by atoms with Crippen molar-refractivity contribution in [3.63, 3.8) is 0 Å². The van der Waals surface area contributed by atoms with Gasteiger partial charge in [-0.2, -0.15) is 0 Å². The van der Waals surface area contributed by atoms with Gasteiger partial charge in [0.05, 0.1) is 4.90 Å². The first-order valence-corrected chi connectivity index (χ1v) is 10.1. The van der Waals surface area contributed by atoms with Crippen LogP contribution in [0.1, 0.15) is 5.56 Å². The van der Waals surface area contributed by atoms with E-state index in [-0.39, 0.29) is 6.54 Å². The standard InChI is InChI=1S/C22H19F2NO4S/c1-25(30(28)19-8-6-17(23)7-9-19)13-15-5-10-21(29-14-22(26)27)20(11-15)16-3-2-4-18(24)12-16/h2-12H,13-14H2,1H3,(H,26,27). The highest BCUT2D eigenvalue weighted by atomic mass is 32.2. The predicted molar refractivity (Wildman–Crippen MR) is 109 cm³/mol. The lowest BCUT2D eigenvalue weighted by atomic mass is 10.0. The summed E-state index contributed by atoms with van der Waals surface area (Å²) in [7, 11) is 0.154. The van der Waals surface area contributed by atoms with Gasteiger partial charge in [-0.15, -0.1) is 0 Å². The Hall–Kier alpha value is -3.10. The zero-order valence-electron chi connectivity index (χ0n) is 16.0.